The highest BCUT2D eigenvalue weighted by Crippen LogP contribution is 2.36. The molecule has 25 heavy (non-hydrogen) atoms. The molecule has 3 heterocycles. The molecule has 2 aliphatic heterocycles. The zero-order chi connectivity index (χ0) is 17.6. The van der Waals surface area contributed by atoms with E-state index in [1.54, 1.807) is 11.1 Å². The van der Waals surface area contributed by atoms with E-state index < -0.39 is 0 Å². The second kappa shape index (κ2) is 8.29. The van der Waals surface area contributed by atoms with E-state index in [-0.39, 0.29) is 18.2 Å². The Labute approximate surface area is 148 Å². The first-order valence-corrected chi connectivity index (χ1v) is 9.04. The summed E-state index contributed by atoms with van der Waals surface area (Å²) in [6.45, 7) is 3.55. The van der Waals surface area contributed by atoms with Crippen molar-refractivity contribution >= 4 is 18.3 Å². The van der Waals surface area contributed by atoms with Gasteiger partial charge in [0.1, 0.15) is 5.82 Å². The zero-order valence-electron chi connectivity index (χ0n) is 14.6. The molecule has 136 valence electrons. The predicted molar refractivity (Wildman–Crippen MR) is 94.3 cm³/mol. The van der Waals surface area contributed by atoms with E-state index in [9.17, 15) is 9.59 Å². The Morgan fingerprint density at radius 2 is 2.16 bits per heavy atom. The van der Waals surface area contributed by atoms with Crippen molar-refractivity contribution in [1.82, 2.24) is 15.2 Å². The van der Waals surface area contributed by atoms with E-state index in [0.717, 1.165) is 32.1 Å². The van der Waals surface area contributed by atoms with Crippen LogP contribution >= 0.6 is 0 Å². The van der Waals surface area contributed by atoms with Gasteiger partial charge in [0.05, 0.1) is 6.61 Å². The van der Waals surface area contributed by atoms with Crippen LogP contribution in [0.1, 0.15) is 32.6 Å². The van der Waals surface area contributed by atoms with Crippen molar-refractivity contribution in [2.45, 2.75) is 50.7 Å². The van der Waals surface area contributed by atoms with Gasteiger partial charge in [-0.1, -0.05) is 6.07 Å². The van der Waals surface area contributed by atoms with Gasteiger partial charge in [-0.25, -0.2) is 9.78 Å². The molecule has 0 radical (unpaired) electrons. The van der Waals surface area contributed by atoms with Crippen molar-refractivity contribution in [2.24, 2.45) is 0 Å². The number of rotatable bonds is 7. The van der Waals surface area contributed by atoms with Crippen LogP contribution in [0.5, 0.6) is 0 Å². The van der Waals surface area contributed by atoms with Gasteiger partial charge in [0.25, 0.3) is 0 Å². The topological polar surface area (TPSA) is 74.8 Å². The summed E-state index contributed by atoms with van der Waals surface area (Å²) in [6.07, 6.45) is 6.32. The Morgan fingerprint density at radius 3 is 2.76 bits per heavy atom. The number of nitrogens with one attached hydrogen (secondary N) is 1. The number of carbonyl (C=O) groups excluding carboxylic acids is 2. The van der Waals surface area contributed by atoms with Crippen LogP contribution in [0.15, 0.2) is 24.4 Å². The minimum absolute atomic E-state index is 0.171. The number of carbonyl (C=O) groups is 2. The van der Waals surface area contributed by atoms with Crippen LogP contribution in [0.2, 0.25) is 0 Å². The van der Waals surface area contributed by atoms with Crippen molar-refractivity contribution in [3.63, 3.8) is 0 Å². The lowest BCUT2D eigenvalue weighted by Gasteiger charge is -2.38. The number of amides is 2. The van der Waals surface area contributed by atoms with Gasteiger partial charge in [-0.15, -0.1) is 0 Å². The van der Waals surface area contributed by atoms with Crippen molar-refractivity contribution in [3.8, 4) is 0 Å². The van der Waals surface area contributed by atoms with Crippen molar-refractivity contribution in [3.05, 3.63) is 24.4 Å². The zero-order valence-corrected chi connectivity index (χ0v) is 14.6. The summed E-state index contributed by atoms with van der Waals surface area (Å²) in [6, 6.07) is 6.45. The summed E-state index contributed by atoms with van der Waals surface area (Å²) < 4.78 is 5.19. The number of hydrogen-bond donors (Lipinski definition) is 1. The molecule has 3 rings (SSSR count). The molecule has 0 aliphatic carbocycles. The third-order valence-electron chi connectivity index (χ3n) is 5.07. The van der Waals surface area contributed by atoms with Gasteiger partial charge in [-0.3, -0.25) is 9.69 Å². The van der Waals surface area contributed by atoms with Gasteiger partial charge in [-0.05, 0) is 44.7 Å². The first-order chi connectivity index (χ1) is 12.2. The van der Waals surface area contributed by atoms with Crippen molar-refractivity contribution < 1.29 is 14.3 Å². The van der Waals surface area contributed by atoms with E-state index >= 15 is 0 Å². The highest BCUT2D eigenvalue weighted by molar-refractivity contribution is 5.72. The maximum atomic E-state index is 12.1. The lowest BCUT2D eigenvalue weighted by molar-refractivity contribution is -0.107. The predicted octanol–water partition coefficient (Wildman–Crippen LogP) is 1.79. The van der Waals surface area contributed by atoms with Crippen molar-refractivity contribution in [1.29, 1.82) is 0 Å². The van der Waals surface area contributed by atoms with E-state index in [2.05, 4.69) is 10.3 Å². The Morgan fingerprint density at radius 1 is 1.40 bits per heavy atom. The first-order valence-electron chi connectivity index (χ1n) is 9.04. The van der Waals surface area contributed by atoms with Gasteiger partial charge < -0.3 is 15.0 Å². The fourth-order valence-corrected chi connectivity index (χ4v) is 3.97. The normalized spacial score (nSPS) is 24.8. The molecule has 2 amide bonds. The van der Waals surface area contributed by atoms with Gasteiger partial charge in [0, 0.05) is 37.4 Å². The molecule has 1 aromatic heterocycles. The van der Waals surface area contributed by atoms with Crippen LogP contribution < -0.4 is 10.2 Å². The molecule has 2 saturated heterocycles. The fourth-order valence-electron chi connectivity index (χ4n) is 3.97. The minimum atomic E-state index is -0.171. The third kappa shape index (κ3) is 4.10. The number of hydrogen-bond acceptors (Lipinski definition) is 5. The van der Waals surface area contributed by atoms with E-state index in [4.69, 9.17) is 4.74 Å². The number of anilines is 1. The quantitative estimate of drug-likeness (QED) is 0.762. The van der Waals surface area contributed by atoms with Crippen LogP contribution in [0.4, 0.5) is 10.6 Å². The highest BCUT2D eigenvalue weighted by Gasteiger charge is 2.43. The molecular weight excluding hydrogens is 320 g/mol. The molecule has 0 aromatic carbocycles. The number of ether oxygens (including phenoxy) is 1. The summed E-state index contributed by atoms with van der Waals surface area (Å²) in [7, 11) is 0. The van der Waals surface area contributed by atoms with Crippen molar-refractivity contribution in [2.75, 3.05) is 24.6 Å². The second-order valence-corrected chi connectivity index (χ2v) is 6.60. The van der Waals surface area contributed by atoms with Crippen LogP contribution in [-0.4, -0.2) is 60.2 Å². The molecular formula is C18H26N4O3. The molecule has 2 bridgehead atoms. The Bertz CT molecular complexity index is 569. The number of fused-ring (bicyclic) bond motifs is 2. The minimum Gasteiger partial charge on any atom is -0.450 e. The molecule has 0 saturated carbocycles. The lowest BCUT2D eigenvalue weighted by Crippen LogP contribution is -2.52. The molecule has 2 atom stereocenters. The summed E-state index contributed by atoms with van der Waals surface area (Å²) in [5, 5.41) is 3.54. The van der Waals surface area contributed by atoms with Crippen LogP contribution in [0, 0.1) is 0 Å². The third-order valence-corrected chi connectivity index (χ3v) is 5.07. The Kier molecular flexibility index (Phi) is 5.86. The van der Waals surface area contributed by atoms with E-state index in [1.165, 1.54) is 0 Å². The molecule has 1 aromatic rings. The monoisotopic (exact) mass is 346 g/mol. The largest absolute Gasteiger partial charge is 0.450 e. The summed E-state index contributed by atoms with van der Waals surface area (Å²) in [5.41, 5.74) is 0. The summed E-state index contributed by atoms with van der Waals surface area (Å²) in [5.74, 6) is 0.663. The number of pyridine rings is 1. The second-order valence-electron chi connectivity index (χ2n) is 6.60. The standard InChI is InChI=1S/C18H26N4O3/c1-2-25-18(24)22-15-6-7-16(22)12-14(11-15)19-9-10-21(13-23)17-5-3-4-8-20-17/h3-5,8,13-16,19H,2,6-7,9-12H2,1H3. The first kappa shape index (κ1) is 17.7. The highest BCUT2D eigenvalue weighted by atomic mass is 16.6. The van der Waals surface area contributed by atoms with Crippen LogP contribution in [0.3, 0.4) is 0 Å². The number of nitrogens with zero attached hydrogens (tertiary/aromatic N) is 3. The SMILES string of the molecule is CCOC(=O)N1C2CCC1CC(NCCN(C=O)c1ccccn1)C2. The molecule has 2 unspecified atom stereocenters. The number of aromatic nitrogens is 1. The summed E-state index contributed by atoms with van der Waals surface area (Å²) >= 11 is 0. The van der Waals surface area contributed by atoms with Gasteiger partial charge in [0.15, 0.2) is 0 Å². The molecule has 2 fully saturated rings. The molecule has 1 N–H and O–H groups in total. The maximum Gasteiger partial charge on any atom is 0.410 e. The Balaban J connectivity index is 1.48. The van der Waals surface area contributed by atoms with Gasteiger partial charge in [0.2, 0.25) is 6.41 Å². The van der Waals surface area contributed by atoms with Gasteiger partial charge >= 0.3 is 6.09 Å². The lowest BCUT2D eigenvalue weighted by atomic mass is 9.98. The molecule has 7 heteroatoms. The Hall–Kier alpha value is -2.15. The van der Waals surface area contributed by atoms with Crippen LogP contribution in [0.25, 0.3) is 0 Å². The molecule has 2 aliphatic rings. The number of piperidine rings is 1. The van der Waals surface area contributed by atoms with E-state index in [0.29, 0.717) is 31.6 Å². The maximum absolute atomic E-state index is 12.1. The van der Waals surface area contributed by atoms with Crippen LogP contribution in [-0.2, 0) is 9.53 Å². The van der Waals surface area contributed by atoms with E-state index in [1.807, 2.05) is 30.0 Å². The molecule has 7 nitrogen and oxygen atoms in total. The average molecular weight is 346 g/mol. The van der Waals surface area contributed by atoms with Gasteiger partial charge in [-0.2, -0.15) is 0 Å². The fraction of sp³-hybridized carbons (Fsp3) is 0.611. The molecule has 0 spiro atoms. The summed E-state index contributed by atoms with van der Waals surface area (Å²) in [4.78, 5) is 31.1. The smallest absolute Gasteiger partial charge is 0.410 e. The average Bonchev–Trinajstić information content (AvgIpc) is 2.90.